The first-order chi connectivity index (χ1) is 10.1. The SMILES string of the molecule is CCCCCC(CCC)C(=O)C(C)(C)OCC(C)C(C)(C)O. The van der Waals surface area contributed by atoms with Crippen LogP contribution in [-0.2, 0) is 9.53 Å². The van der Waals surface area contributed by atoms with Crippen LogP contribution in [0.15, 0.2) is 0 Å². The molecule has 0 saturated carbocycles. The summed E-state index contributed by atoms with van der Waals surface area (Å²) in [5.41, 5.74) is -1.56. The Balaban J connectivity index is 4.65. The molecule has 0 heterocycles. The predicted molar refractivity (Wildman–Crippen MR) is 93.0 cm³/mol. The Kier molecular flexibility index (Phi) is 9.49. The summed E-state index contributed by atoms with van der Waals surface area (Å²) >= 11 is 0. The lowest BCUT2D eigenvalue weighted by Gasteiger charge is -2.32. The molecule has 3 nitrogen and oxygen atoms in total. The Labute approximate surface area is 137 Å². The molecule has 0 amide bonds. The maximum absolute atomic E-state index is 12.8. The number of Topliss-reactive ketones (excluding diaryl/α,β-unsaturated/α-hetero) is 1. The molecule has 0 rings (SSSR count). The van der Waals surface area contributed by atoms with Crippen molar-refractivity contribution in [2.24, 2.45) is 11.8 Å². The van der Waals surface area contributed by atoms with Gasteiger partial charge in [-0.15, -0.1) is 0 Å². The zero-order valence-electron chi connectivity index (χ0n) is 15.9. The molecule has 0 bridgehead atoms. The average Bonchev–Trinajstić information content (AvgIpc) is 2.42. The number of rotatable bonds is 12. The molecule has 0 spiro atoms. The van der Waals surface area contributed by atoms with Crippen LogP contribution in [0.2, 0.25) is 0 Å². The Hall–Kier alpha value is -0.410. The largest absolute Gasteiger partial charge is 0.390 e. The summed E-state index contributed by atoms with van der Waals surface area (Å²) in [5, 5.41) is 9.99. The van der Waals surface area contributed by atoms with Crippen molar-refractivity contribution in [2.45, 2.75) is 98.2 Å². The smallest absolute Gasteiger partial charge is 0.167 e. The van der Waals surface area contributed by atoms with E-state index in [1.165, 1.54) is 12.8 Å². The number of carbonyl (C=O) groups is 1. The first kappa shape index (κ1) is 21.6. The van der Waals surface area contributed by atoms with E-state index in [0.717, 1.165) is 25.7 Å². The third kappa shape index (κ3) is 7.73. The molecule has 3 heteroatoms. The van der Waals surface area contributed by atoms with Gasteiger partial charge in [-0.1, -0.05) is 46.5 Å². The fourth-order valence-electron chi connectivity index (χ4n) is 2.50. The average molecular weight is 315 g/mol. The molecule has 0 saturated heterocycles. The van der Waals surface area contributed by atoms with Crippen LogP contribution >= 0.6 is 0 Å². The van der Waals surface area contributed by atoms with Crippen LogP contribution in [0.5, 0.6) is 0 Å². The Morgan fingerprint density at radius 2 is 1.64 bits per heavy atom. The monoisotopic (exact) mass is 314 g/mol. The van der Waals surface area contributed by atoms with E-state index in [1.54, 1.807) is 13.8 Å². The second kappa shape index (κ2) is 9.67. The van der Waals surface area contributed by atoms with E-state index in [0.29, 0.717) is 6.61 Å². The molecule has 22 heavy (non-hydrogen) atoms. The highest BCUT2D eigenvalue weighted by Gasteiger charge is 2.35. The molecule has 0 aromatic rings. The first-order valence-corrected chi connectivity index (χ1v) is 8.96. The van der Waals surface area contributed by atoms with Gasteiger partial charge in [0.05, 0.1) is 12.2 Å². The van der Waals surface area contributed by atoms with Gasteiger partial charge in [0.1, 0.15) is 5.60 Å². The van der Waals surface area contributed by atoms with Crippen molar-refractivity contribution in [1.82, 2.24) is 0 Å². The fourth-order valence-corrected chi connectivity index (χ4v) is 2.50. The molecule has 132 valence electrons. The van der Waals surface area contributed by atoms with Crippen molar-refractivity contribution in [3.63, 3.8) is 0 Å². The third-order valence-corrected chi connectivity index (χ3v) is 4.66. The van der Waals surface area contributed by atoms with Gasteiger partial charge in [0.2, 0.25) is 0 Å². The van der Waals surface area contributed by atoms with E-state index >= 15 is 0 Å². The molecular weight excluding hydrogens is 276 g/mol. The molecule has 0 fully saturated rings. The third-order valence-electron chi connectivity index (χ3n) is 4.66. The zero-order chi connectivity index (χ0) is 17.4. The second-order valence-electron chi connectivity index (χ2n) is 7.72. The summed E-state index contributed by atoms with van der Waals surface area (Å²) in [7, 11) is 0. The molecule has 0 aliphatic carbocycles. The van der Waals surface area contributed by atoms with Crippen molar-refractivity contribution >= 4 is 5.78 Å². The maximum Gasteiger partial charge on any atom is 0.167 e. The standard InChI is InChI=1S/C19H38O3/c1-8-10-11-13-16(12-9-2)17(20)19(6,7)22-14-15(3)18(4,5)21/h15-16,21H,8-14H2,1-7H3. The zero-order valence-corrected chi connectivity index (χ0v) is 15.9. The summed E-state index contributed by atoms with van der Waals surface area (Å²) in [4.78, 5) is 12.8. The van der Waals surface area contributed by atoms with Crippen molar-refractivity contribution < 1.29 is 14.6 Å². The van der Waals surface area contributed by atoms with Crippen molar-refractivity contribution in [3.05, 3.63) is 0 Å². The van der Waals surface area contributed by atoms with E-state index in [4.69, 9.17) is 4.74 Å². The number of hydrogen-bond acceptors (Lipinski definition) is 3. The van der Waals surface area contributed by atoms with Crippen LogP contribution < -0.4 is 0 Å². The lowest BCUT2D eigenvalue weighted by atomic mass is 9.84. The highest BCUT2D eigenvalue weighted by molar-refractivity contribution is 5.88. The number of unbranched alkanes of at least 4 members (excludes halogenated alkanes) is 2. The number of ketones is 1. The van der Waals surface area contributed by atoms with E-state index in [-0.39, 0.29) is 17.6 Å². The van der Waals surface area contributed by atoms with Gasteiger partial charge in [0.25, 0.3) is 0 Å². The highest BCUT2D eigenvalue weighted by Crippen LogP contribution is 2.26. The Morgan fingerprint density at radius 1 is 1.05 bits per heavy atom. The van der Waals surface area contributed by atoms with Gasteiger partial charge in [-0.05, 0) is 40.5 Å². The van der Waals surface area contributed by atoms with Gasteiger partial charge in [-0.3, -0.25) is 4.79 Å². The summed E-state index contributed by atoms with van der Waals surface area (Å²) in [5.74, 6) is 0.307. The van der Waals surface area contributed by atoms with E-state index in [9.17, 15) is 9.90 Å². The maximum atomic E-state index is 12.8. The van der Waals surface area contributed by atoms with E-state index in [2.05, 4.69) is 13.8 Å². The molecule has 1 N–H and O–H groups in total. The molecule has 0 aromatic carbocycles. The molecule has 0 aliphatic heterocycles. The van der Waals surface area contributed by atoms with Crippen LogP contribution in [0.1, 0.15) is 87.0 Å². The minimum absolute atomic E-state index is 0.00992. The molecular formula is C19H38O3. The van der Waals surface area contributed by atoms with E-state index in [1.807, 2.05) is 20.8 Å². The number of aliphatic hydroxyl groups is 1. The summed E-state index contributed by atoms with van der Waals surface area (Å²) < 4.78 is 5.90. The molecule has 0 radical (unpaired) electrons. The minimum Gasteiger partial charge on any atom is -0.390 e. The second-order valence-corrected chi connectivity index (χ2v) is 7.72. The Bertz CT molecular complexity index is 315. The van der Waals surface area contributed by atoms with Crippen molar-refractivity contribution in [1.29, 1.82) is 0 Å². The quantitative estimate of drug-likeness (QED) is 0.529. The van der Waals surface area contributed by atoms with Gasteiger partial charge in [0.15, 0.2) is 5.78 Å². The number of ether oxygens (including phenoxy) is 1. The lowest BCUT2D eigenvalue weighted by molar-refractivity contribution is -0.150. The van der Waals surface area contributed by atoms with Crippen LogP contribution in [0.25, 0.3) is 0 Å². The summed E-state index contributed by atoms with van der Waals surface area (Å²) in [6.45, 7) is 14.0. The van der Waals surface area contributed by atoms with Crippen LogP contribution in [-0.4, -0.2) is 28.7 Å². The Morgan fingerprint density at radius 3 is 2.09 bits per heavy atom. The molecule has 0 aromatic heterocycles. The molecule has 2 unspecified atom stereocenters. The van der Waals surface area contributed by atoms with Gasteiger partial charge in [0, 0.05) is 11.8 Å². The predicted octanol–water partition coefficient (Wildman–Crippen LogP) is 4.75. The van der Waals surface area contributed by atoms with Crippen molar-refractivity contribution in [2.75, 3.05) is 6.61 Å². The van der Waals surface area contributed by atoms with Crippen molar-refractivity contribution in [3.8, 4) is 0 Å². The first-order valence-electron chi connectivity index (χ1n) is 8.96. The summed E-state index contributed by atoms with van der Waals surface area (Å²) in [6, 6.07) is 0. The molecule has 2 atom stereocenters. The van der Waals surface area contributed by atoms with E-state index < -0.39 is 11.2 Å². The topological polar surface area (TPSA) is 46.5 Å². The number of hydrogen-bond donors (Lipinski definition) is 1. The highest BCUT2D eigenvalue weighted by atomic mass is 16.5. The normalized spacial score (nSPS) is 15.6. The van der Waals surface area contributed by atoms with Crippen LogP contribution in [0, 0.1) is 11.8 Å². The van der Waals surface area contributed by atoms with Gasteiger partial charge < -0.3 is 9.84 Å². The fraction of sp³-hybridized carbons (Fsp3) is 0.947. The van der Waals surface area contributed by atoms with Gasteiger partial charge in [-0.25, -0.2) is 0 Å². The number of carbonyl (C=O) groups excluding carboxylic acids is 1. The molecule has 0 aliphatic rings. The van der Waals surface area contributed by atoms with Crippen LogP contribution in [0.4, 0.5) is 0 Å². The minimum atomic E-state index is -0.789. The van der Waals surface area contributed by atoms with Gasteiger partial charge in [-0.2, -0.15) is 0 Å². The van der Waals surface area contributed by atoms with Crippen LogP contribution in [0.3, 0.4) is 0 Å². The van der Waals surface area contributed by atoms with Gasteiger partial charge >= 0.3 is 0 Å². The summed E-state index contributed by atoms with van der Waals surface area (Å²) in [6.07, 6.45) is 6.41. The lowest BCUT2D eigenvalue weighted by Crippen LogP contribution is -2.43.